The van der Waals surface area contributed by atoms with Gasteiger partial charge in [-0.25, -0.2) is 0 Å². The molecule has 2 aliphatic rings. The first-order chi connectivity index (χ1) is 15.9. The lowest BCUT2D eigenvalue weighted by Gasteiger charge is -2.36. The smallest absolute Gasteiger partial charge is 0.315 e. The molecule has 1 fully saturated rings. The molecule has 3 N–H and O–H groups in total. The molecule has 33 heavy (non-hydrogen) atoms. The second kappa shape index (κ2) is 10.6. The van der Waals surface area contributed by atoms with Crippen molar-refractivity contribution >= 4 is 17.6 Å². The minimum atomic E-state index is -1.30. The predicted molar refractivity (Wildman–Crippen MR) is 129 cm³/mol. The number of carbonyl (C=O) groups is 1. The highest BCUT2D eigenvalue weighted by molar-refractivity contribution is 6.30. The summed E-state index contributed by atoms with van der Waals surface area (Å²) in [6.45, 7) is 5.61. The second-order valence-electron chi connectivity index (χ2n) is 8.40. The Bertz CT molecular complexity index is 1020. The van der Waals surface area contributed by atoms with Crippen molar-refractivity contribution in [1.82, 2.24) is 14.8 Å². The number of piperazine rings is 1. The molecule has 0 bridgehead atoms. The number of ether oxygens (including phenoxy) is 1. The highest BCUT2D eigenvalue weighted by Crippen LogP contribution is 2.25. The van der Waals surface area contributed by atoms with Gasteiger partial charge < -0.3 is 9.84 Å². The number of rotatable bonds is 8. The molecule has 1 aromatic heterocycles. The molecule has 2 unspecified atom stereocenters. The van der Waals surface area contributed by atoms with E-state index in [1.54, 1.807) is 24.3 Å². The molecule has 1 aliphatic heterocycles. The largest absolute Gasteiger partial charge is 0.481 e. The topological polar surface area (TPSA) is 91.9 Å². The Morgan fingerprint density at radius 2 is 1.88 bits per heavy atom. The Balaban J connectivity index is 1.27. The third-order valence-electron chi connectivity index (χ3n) is 6.15. The maximum Gasteiger partial charge on any atom is 0.315 e. The third kappa shape index (κ3) is 5.88. The van der Waals surface area contributed by atoms with E-state index >= 15 is 0 Å². The number of aliphatic carboxylic acids is 1. The maximum absolute atomic E-state index is 11.5. The van der Waals surface area contributed by atoms with Crippen LogP contribution in [0.2, 0.25) is 5.02 Å². The van der Waals surface area contributed by atoms with E-state index in [0.717, 1.165) is 44.0 Å². The van der Waals surface area contributed by atoms with Crippen molar-refractivity contribution in [2.24, 2.45) is 11.7 Å². The summed E-state index contributed by atoms with van der Waals surface area (Å²) in [7, 11) is 0. The number of nitrogens with two attached hydrogens (primary N) is 1. The first-order valence-corrected chi connectivity index (χ1v) is 11.5. The average Bonchev–Trinajstić information content (AvgIpc) is 2.81. The van der Waals surface area contributed by atoms with Gasteiger partial charge in [0.15, 0.2) is 5.72 Å². The van der Waals surface area contributed by atoms with Crippen LogP contribution in [0.25, 0.3) is 11.3 Å². The van der Waals surface area contributed by atoms with Crippen molar-refractivity contribution in [2.75, 3.05) is 39.3 Å². The SMILES string of the molecule is NC1(OCCN2CCN(Cc3cccnc3-c3ccc(Cl)cc3)CC2)C=CC=CC1C(=O)O. The Labute approximate surface area is 199 Å². The lowest BCUT2D eigenvalue weighted by molar-refractivity contribution is -0.149. The second-order valence-corrected chi connectivity index (χ2v) is 8.83. The van der Waals surface area contributed by atoms with Crippen LogP contribution in [-0.4, -0.2) is 70.9 Å². The molecule has 1 aliphatic carbocycles. The van der Waals surface area contributed by atoms with Crippen LogP contribution in [0, 0.1) is 5.92 Å². The Morgan fingerprint density at radius 3 is 2.61 bits per heavy atom. The van der Waals surface area contributed by atoms with Crippen molar-refractivity contribution in [3.63, 3.8) is 0 Å². The molecular weight excluding hydrogens is 440 g/mol. The number of nitrogens with zero attached hydrogens (tertiary/aromatic N) is 3. The van der Waals surface area contributed by atoms with Crippen LogP contribution in [0.4, 0.5) is 0 Å². The predicted octanol–water partition coefficient (Wildman–Crippen LogP) is 3.02. The summed E-state index contributed by atoms with van der Waals surface area (Å²) in [5, 5.41) is 10.1. The summed E-state index contributed by atoms with van der Waals surface area (Å²) in [6, 6.07) is 11.9. The van der Waals surface area contributed by atoms with Crippen molar-refractivity contribution in [1.29, 1.82) is 0 Å². The van der Waals surface area contributed by atoms with Gasteiger partial charge in [0.25, 0.3) is 0 Å². The summed E-state index contributed by atoms with van der Waals surface area (Å²) in [5.41, 5.74) is 8.16. The monoisotopic (exact) mass is 468 g/mol. The van der Waals surface area contributed by atoms with Gasteiger partial charge in [-0.1, -0.05) is 48.0 Å². The summed E-state index contributed by atoms with van der Waals surface area (Å²) in [5.74, 6) is -1.87. The zero-order chi connectivity index (χ0) is 23.3. The standard InChI is InChI=1S/C25H29ClN4O3/c26-21-8-6-19(7-9-21)23-20(4-3-11-28-23)18-30-14-12-29(13-15-30)16-17-33-25(27)10-2-1-5-22(25)24(31)32/h1-11,22H,12-18,27H2,(H,31,32). The van der Waals surface area contributed by atoms with Gasteiger partial charge in [0, 0.05) is 56.1 Å². The minimum absolute atomic E-state index is 0.377. The number of hydrogen-bond donors (Lipinski definition) is 2. The molecule has 4 rings (SSSR count). The fourth-order valence-electron chi connectivity index (χ4n) is 4.25. The van der Waals surface area contributed by atoms with Gasteiger partial charge in [0.05, 0.1) is 12.3 Å². The first kappa shape index (κ1) is 23.6. The van der Waals surface area contributed by atoms with Crippen LogP contribution >= 0.6 is 11.6 Å². The van der Waals surface area contributed by atoms with Crippen molar-refractivity contribution in [3.8, 4) is 11.3 Å². The number of halogens is 1. The molecule has 2 heterocycles. The van der Waals surface area contributed by atoms with Gasteiger partial charge in [-0.2, -0.15) is 0 Å². The number of carboxylic acids is 1. The minimum Gasteiger partial charge on any atom is -0.481 e. The number of benzene rings is 1. The molecule has 2 aromatic rings. The molecule has 1 saturated heterocycles. The van der Waals surface area contributed by atoms with Gasteiger partial charge in [-0.05, 0) is 29.8 Å². The van der Waals surface area contributed by atoms with Crippen LogP contribution in [0.1, 0.15) is 5.56 Å². The Morgan fingerprint density at radius 1 is 1.15 bits per heavy atom. The van der Waals surface area contributed by atoms with Crippen LogP contribution in [0.15, 0.2) is 66.9 Å². The number of allylic oxidation sites excluding steroid dienone is 2. The zero-order valence-electron chi connectivity index (χ0n) is 18.4. The molecule has 0 saturated carbocycles. The molecule has 8 heteroatoms. The maximum atomic E-state index is 11.5. The molecular formula is C25H29ClN4O3. The van der Waals surface area contributed by atoms with E-state index in [9.17, 15) is 9.90 Å². The number of pyridine rings is 1. The average molecular weight is 469 g/mol. The van der Waals surface area contributed by atoms with Crippen LogP contribution < -0.4 is 5.73 Å². The Kier molecular flexibility index (Phi) is 7.57. The summed E-state index contributed by atoms with van der Waals surface area (Å²) < 4.78 is 5.83. The van der Waals surface area contributed by atoms with Gasteiger partial charge in [0.1, 0.15) is 5.92 Å². The van der Waals surface area contributed by atoms with E-state index in [1.807, 2.05) is 36.5 Å². The molecule has 7 nitrogen and oxygen atoms in total. The van der Waals surface area contributed by atoms with Gasteiger partial charge in [0.2, 0.25) is 0 Å². The van der Waals surface area contributed by atoms with E-state index in [4.69, 9.17) is 22.1 Å². The zero-order valence-corrected chi connectivity index (χ0v) is 19.2. The number of carboxylic acid groups (broad SMARTS) is 1. The van der Waals surface area contributed by atoms with Gasteiger partial charge >= 0.3 is 5.97 Å². The van der Waals surface area contributed by atoms with Crippen LogP contribution in [-0.2, 0) is 16.1 Å². The van der Waals surface area contributed by atoms with Crippen molar-refractivity contribution < 1.29 is 14.6 Å². The molecule has 0 spiro atoms. The van der Waals surface area contributed by atoms with E-state index in [0.29, 0.717) is 18.2 Å². The molecule has 0 amide bonds. The highest BCUT2D eigenvalue weighted by Gasteiger charge is 2.38. The number of aromatic nitrogens is 1. The molecule has 174 valence electrons. The van der Waals surface area contributed by atoms with Crippen molar-refractivity contribution in [2.45, 2.75) is 12.3 Å². The molecule has 0 radical (unpaired) electrons. The fourth-order valence-corrected chi connectivity index (χ4v) is 4.37. The van der Waals surface area contributed by atoms with Crippen LogP contribution in [0.5, 0.6) is 0 Å². The van der Waals surface area contributed by atoms with Crippen LogP contribution in [0.3, 0.4) is 0 Å². The third-order valence-corrected chi connectivity index (χ3v) is 6.40. The van der Waals surface area contributed by atoms with E-state index < -0.39 is 17.6 Å². The van der Waals surface area contributed by atoms with Crippen molar-refractivity contribution in [3.05, 3.63) is 77.5 Å². The highest BCUT2D eigenvalue weighted by atomic mass is 35.5. The number of hydrogen-bond acceptors (Lipinski definition) is 6. The molecule has 1 aromatic carbocycles. The lowest BCUT2D eigenvalue weighted by atomic mass is 9.92. The fraction of sp³-hybridized carbons (Fsp3) is 0.360. The van der Waals surface area contributed by atoms with E-state index in [1.165, 1.54) is 5.56 Å². The van der Waals surface area contributed by atoms with Gasteiger partial charge in [-0.15, -0.1) is 0 Å². The van der Waals surface area contributed by atoms with E-state index in [2.05, 4.69) is 20.9 Å². The molecule has 2 atom stereocenters. The summed E-state index contributed by atoms with van der Waals surface area (Å²) >= 11 is 6.04. The normalized spacial score (nSPS) is 23.6. The summed E-state index contributed by atoms with van der Waals surface area (Å²) in [6.07, 6.45) is 8.43. The first-order valence-electron chi connectivity index (χ1n) is 11.1. The lowest BCUT2D eigenvalue weighted by Crippen LogP contribution is -2.53. The Hall–Kier alpha value is -2.55. The van der Waals surface area contributed by atoms with Gasteiger partial charge in [-0.3, -0.25) is 25.3 Å². The summed E-state index contributed by atoms with van der Waals surface area (Å²) in [4.78, 5) is 20.8. The van der Waals surface area contributed by atoms with E-state index in [-0.39, 0.29) is 0 Å². The quantitative estimate of drug-likeness (QED) is 0.575.